The number of aliphatic hydroxyl groups excluding tert-OH is 1. The molecule has 0 bridgehead atoms. The summed E-state index contributed by atoms with van der Waals surface area (Å²) >= 11 is 12.1. The monoisotopic (exact) mass is 262 g/mol. The summed E-state index contributed by atoms with van der Waals surface area (Å²) in [6.07, 6.45) is -0.589. The molecule has 1 rings (SSSR count). The minimum absolute atomic E-state index is 0.406. The van der Waals surface area contributed by atoms with E-state index in [1.54, 1.807) is 19.1 Å². The van der Waals surface area contributed by atoms with E-state index in [2.05, 4.69) is 0 Å². The maximum absolute atomic E-state index is 9.42. The van der Waals surface area contributed by atoms with Crippen LogP contribution in [0.1, 0.15) is 32.4 Å². The highest BCUT2D eigenvalue weighted by atomic mass is 35.5. The van der Waals surface area contributed by atoms with Crippen LogP contribution in [-0.4, -0.2) is 11.7 Å². The van der Waals surface area contributed by atoms with Crippen molar-refractivity contribution in [1.29, 1.82) is 0 Å². The van der Waals surface area contributed by atoms with Gasteiger partial charge in [-0.05, 0) is 30.5 Å². The van der Waals surface area contributed by atoms with Crippen LogP contribution in [0.2, 0.25) is 10.0 Å². The minimum Gasteiger partial charge on any atom is -0.490 e. The van der Waals surface area contributed by atoms with Gasteiger partial charge in [-0.3, -0.25) is 0 Å². The molecule has 1 unspecified atom stereocenters. The van der Waals surface area contributed by atoms with Gasteiger partial charge in [0.2, 0.25) is 0 Å². The van der Waals surface area contributed by atoms with Crippen LogP contribution < -0.4 is 4.74 Å². The molecule has 2 nitrogen and oxygen atoms in total. The van der Waals surface area contributed by atoms with Crippen molar-refractivity contribution in [1.82, 2.24) is 0 Å². The first-order valence-corrected chi connectivity index (χ1v) is 5.97. The molecule has 1 aromatic carbocycles. The first-order valence-electron chi connectivity index (χ1n) is 5.21. The Bertz CT molecular complexity index is 339. The molecule has 1 N–H and O–H groups in total. The summed E-state index contributed by atoms with van der Waals surface area (Å²) in [5.74, 6) is 0.894. The second-order valence-corrected chi connectivity index (χ2v) is 5.01. The van der Waals surface area contributed by atoms with Crippen LogP contribution in [0.5, 0.6) is 5.75 Å². The Kier molecular flexibility index (Phi) is 4.90. The van der Waals surface area contributed by atoms with Gasteiger partial charge in [0.15, 0.2) is 5.75 Å². The summed E-state index contributed by atoms with van der Waals surface area (Å²) < 4.78 is 5.52. The van der Waals surface area contributed by atoms with Gasteiger partial charge in [0.05, 0.1) is 22.8 Å². The normalized spacial score (nSPS) is 12.9. The molecule has 90 valence electrons. The van der Waals surface area contributed by atoms with Crippen molar-refractivity contribution in [2.75, 3.05) is 6.61 Å². The van der Waals surface area contributed by atoms with E-state index in [4.69, 9.17) is 27.9 Å². The highest BCUT2D eigenvalue weighted by molar-refractivity contribution is 6.37. The number of rotatable bonds is 4. The fraction of sp³-hybridized carbons (Fsp3) is 0.500. The minimum atomic E-state index is -0.589. The lowest BCUT2D eigenvalue weighted by molar-refractivity contribution is 0.199. The molecular formula is C12H16Cl2O2. The van der Waals surface area contributed by atoms with Crippen molar-refractivity contribution in [2.24, 2.45) is 5.92 Å². The van der Waals surface area contributed by atoms with Crippen LogP contribution in [0.15, 0.2) is 12.1 Å². The first-order chi connectivity index (χ1) is 7.41. The third-order valence-corrected chi connectivity index (χ3v) is 2.63. The van der Waals surface area contributed by atoms with Crippen LogP contribution in [0, 0.1) is 5.92 Å². The van der Waals surface area contributed by atoms with Gasteiger partial charge in [0.25, 0.3) is 0 Å². The lowest BCUT2D eigenvalue weighted by atomic mass is 10.1. The Hall–Kier alpha value is -0.440. The molecule has 0 fully saturated rings. The van der Waals surface area contributed by atoms with Gasteiger partial charge in [-0.25, -0.2) is 0 Å². The number of hydrogen-bond donors (Lipinski definition) is 1. The third-order valence-electron chi connectivity index (χ3n) is 2.06. The molecule has 1 atom stereocenters. The molecule has 0 heterocycles. The van der Waals surface area contributed by atoms with Crippen molar-refractivity contribution < 1.29 is 9.84 Å². The summed E-state index contributed by atoms with van der Waals surface area (Å²) in [5.41, 5.74) is 0.687. The van der Waals surface area contributed by atoms with E-state index < -0.39 is 6.10 Å². The van der Waals surface area contributed by atoms with Crippen LogP contribution in [-0.2, 0) is 0 Å². The predicted octanol–water partition coefficient (Wildman–Crippen LogP) is 4.08. The second-order valence-electron chi connectivity index (χ2n) is 4.19. The first kappa shape index (κ1) is 13.6. The van der Waals surface area contributed by atoms with E-state index in [9.17, 15) is 5.11 Å². The lowest BCUT2D eigenvalue weighted by Gasteiger charge is -2.14. The molecule has 0 aromatic heterocycles. The van der Waals surface area contributed by atoms with Crippen LogP contribution in [0.3, 0.4) is 0 Å². The molecule has 0 saturated heterocycles. The molecule has 1 aromatic rings. The van der Waals surface area contributed by atoms with Gasteiger partial charge >= 0.3 is 0 Å². The fourth-order valence-electron chi connectivity index (χ4n) is 1.21. The van der Waals surface area contributed by atoms with Gasteiger partial charge in [-0.1, -0.05) is 37.0 Å². The van der Waals surface area contributed by atoms with Crippen molar-refractivity contribution in [3.05, 3.63) is 27.7 Å². The SMILES string of the molecule is CC(C)COc1c(Cl)cc(C(C)O)cc1Cl. The summed E-state index contributed by atoms with van der Waals surface area (Å²) in [6, 6.07) is 3.35. The zero-order valence-corrected chi connectivity index (χ0v) is 11.1. The number of halogens is 2. The molecule has 4 heteroatoms. The van der Waals surface area contributed by atoms with Gasteiger partial charge in [-0.2, -0.15) is 0 Å². The Morgan fingerprint density at radius 3 is 2.06 bits per heavy atom. The number of benzene rings is 1. The average molecular weight is 263 g/mol. The summed E-state index contributed by atoms with van der Waals surface area (Å²) in [5, 5.41) is 10.3. The topological polar surface area (TPSA) is 29.5 Å². The van der Waals surface area contributed by atoms with Gasteiger partial charge < -0.3 is 9.84 Å². The van der Waals surface area contributed by atoms with E-state index in [1.165, 1.54) is 0 Å². The van der Waals surface area contributed by atoms with Gasteiger partial charge in [0.1, 0.15) is 0 Å². The van der Waals surface area contributed by atoms with Gasteiger partial charge in [0, 0.05) is 0 Å². The van der Waals surface area contributed by atoms with E-state index in [0.29, 0.717) is 33.9 Å². The number of aliphatic hydroxyl groups is 1. The number of ether oxygens (including phenoxy) is 1. The molecule has 0 aliphatic heterocycles. The summed E-state index contributed by atoms with van der Waals surface area (Å²) in [4.78, 5) is 0. The highest BCUT2D eigenvalue weighted by Crippen LogP contribution is 2.36. The van der Waals surface area contributed by atoms with Crippen LogP contribution >= 0.6 is 23.2 Å². The highest BCUT2D eigenvalue weighted by Gasteiger charge is 2.12. The zero-order valence-electron chi connectivity index (χ0n) is 9.63. The fourth-order valence-corrected chi connectivity index (χ4v) is 1.82. The molecule has 0 aliphatic carbocycles. The van der Waals surface area contributed by atoms with Crippen molar-refractivity contribution >= 4 is 23.2 Å². The van der Waals surface area contributed by atoms with Crippen LogP contribution in [0.4, 0.5) is 0 Å². The zero-order chi connectivity index (χ0) is 12.3. The van der Waals surface area contributed by atoms with E-state index in [0.717, 1.165) is 0 Å². The molecular weight excluding hydrogens is 247 g/mol. The number of hydrogen-bond acceptors (Lipinski definition) is 2. The maximum atomic E-state index is 9.42. The summed E-state index contributed by atoms with van der Waals surface area (Å²) in [6.45, 7) is 6.32. The average Bonchev–Trinajstić information content (AvgIpc) is 2.15. The molecule has 0 spiro atoms. The molecule has 0 amide bonds. The van der Waals surface area contributed by atoms with Gasteiger partial charge in [-0.15, -0.1) is 0 Å². The molecule has 0 saturated carbocycles. The van der Waals surface area contributed by atoms with Crippen molar-refractivity contribution in [3.63, 3.8) is 0 Å². The van der Waals surface area contributed by atoms with Crippen molar-refractivity contribution in [2.45, 2.75) is 26.9 Å². The molecule has 16 heavy (non-hydrogen) atoms. The molecule has 0 radical (unpaired) electrons. The Labute approximate surface area is 106 Å². The van der Waals surface area contributed by atoms with E-state index >= 15 is 0 Å². The smallest absolute Gasteiger partial charge is 0.156 e. The Morgan fingerprint density at radius 2 is 1.69 bits per heavy atom. The molecule has 0 aliphatic rings. The largest absolute Gasteiger partial charge is 0.490 e. The Morgan fingerprint density at radius 1 is 1.19 bits per heavy atom. The van der Waals surface area contributed by atoms with E-state index in [-0.39, 0.29) is 0 Å². The lowest BCUT2D eigenvalue weighted by Crippen LogP contribution is -2.05. The summed E-state index contributed by atoms with van der Waals surface area (Å²) in [7, 11) is 0. The maximum Gasteiger partial charge on any atom is 0.156 e. The Balaban J connectivity index is 2.94. The quantitative estimate of drug-likeness (QED) is 0.886. The van der Waals surface area contributed by atoms with Crippen LogP contribution in [0.25, 0.3) is 0 Å². The second kappa shape index (κ2) is 5.76. The predicted molar refractivity (Wildman–Crippen MR) is 67.4 cm³/mol. The van der Waals surface area contributed by atoms with E-state index in [1.807, 2.05) is 13.8 Å². The van der Waals surface area contributed by atoms with Crippen molar-refractivity contribution in [3.8, 4) is 5.75 Å². The standard InChI is InChI=1S/C12H16Cl2O2/c1-7(2)6-16-12-10(13)4-9(8(3)15)5-11(12)14/h4-5,7-8,15H,6H2,1-3H3. The third kappa shape index (κ3) is 3.55.